The number of carbonyl (C=O) groups excluding carboxylic acids is 1. The first-order valence-electron chi connectivity index (χ1n) is 6.13. The molecule has 0 saturated heterocycles. The van der Waals surface area contributed by atoms with Gasteiger partial charge < -0.3 is 5.32 Å². The molecule has 0 aromatic heterocycles. The van der Waals surface area contributed by atoms with Crippen molar-refractivity contribution in [1.29, 1.82) is 5.26 Å². The maximum absolute atomic E-state index is 11.8. The molecular formula is C15H20N2O. The van der Waals surface area contributed by atoms with Gasteiger partial charge in [-0.15, -0.1) is 0 Å². The van der Waals surface area contributed by atoms with Crippen LogP contribution in [-0.2, 0) is 5.41 Å². The minimum absolute atomic E-state index is 0.0876. The van der Waals surface area contributed by atoms with Crippen molar-refractivity contribution in [3.05, 3.63) is 35.4 Å². The molecule has 1 atom stereocenters. The largest absolute Gasteiger partial charge is 0.351 e. The van der Waals surface area contributed by atoms with Gasteiger partial charge in [-0.25, -0.2) is 0 Å². The molecule has 96 valence electrons. The lowest BCUT2D eigenvalue weighted by Crippen LogP contribution is -2.27. The van der Waals surface area contributed by atoms with E-state index in [9.17, 15) is 4.79 Å². The van der Waals surface area contributed by atoms with Crippen LogP contribution in [-0.4, -0.2) is 12.5 Å². The van der Waals surface area contributed by atoms with Crippen LogP contribution in [0, 0.1) is 17.2 Å². The van der Waals surface area contributed by atoms with Crippen molar-refractivity contribution in [2.75, 3.05) is 6.54 Å². The highest BCUT2D eigenvalue weighted by Gasteiger charge is 2.14. The smallest absolute Gasteiger partial charge is 0.251 e. The zero-order valence-corrected chi connectivity index (χ0v) is 11.4. The molecule has 0 aliphatic carbocycles. The van der Waals surface area contributed by atoms with Crippen LogP contribution in [0.15, 0.2) is 24.3 Å². The molecule has 1 rings (SSSR count). The summed E-state index contributed by atoms with van der Waals surface area (Å²) < 4.78 is 0. The number of rotatable bonds is 3. The fraction of sp³-hybridized carbons (Fsp3) is 0.467. The van der Waals surface area contributed by atoms with Crippen molar-refractivity contribution < 1.29 is 4.79 Å². The molecule has 1 amide bonds. The second kappa shape index (κ2) is 5.68. The molecule has 0 radical (unpaired) electrons. The maximum atomic E-state index is 11.8. The fourth-order valence-corrected chi connectivity index (χ4v) is 1.52. The van der Waals surface area contributed by atoms with Gasteiger partial charge in [-0.3, -0.25) is 4.79 Å². The molecule has 1 aromatic carbocycles. The molecule has 0 aliphatic heterocycles. The van der Waals surface area contributed by atoms with Gasteiger partial charge in [0, 0.05) is 12.1 Å². The van der Waals surface area contributed by atoms with Crippen LogP contribution in [0.1, 0.15) is 43.6 Å². The number of benzene rings is 1. The lowest BCUT2D eigenvalue weighted by atomic mass is 9.87. The Morgan fingerprint density at radius 3 is 2.33 bits per heavy atom. The van der Waals surface area contributed by atoms with Gasteiger partial charge >= 0.3 is 0 Å². The summed E-state index contributed by atoms with van der Waals surface area (Å²) in [6, 6.07) is 9.69. The van der Waals surface area contributed by atoms with Gasteiger partial charge in [0.1, 0.15) is 0 Å². The highest BCUT2D eigenvalue weighted by atomic mass is 16.1. The summed E-state index contributed by atoms with van der Waals surface area (Å²) in [5.74, 6) is -0.291. The third-order valence-corrected chi connectivity index (χ3v) is 2.80. The van der Waals surface area contributed by atoms with Crippen molar-refractivity contribution in [1.82, 2.24) is 5.32 Å². The SMILES string of the molecule is CC(C#N)CNC(=O)c1ccc(C(C)(C)C)cc1. The first-order chi connectivity index (χ1) is 8.34. The van der Waals surface area contributed by atoms with E-state index in [0.717, 1.165) is 0 Å². The predicted octanol–water partition coefficient (Wildman–Crippen LogP) is 2.87. The van der Waals surface area contributed by atoms with E-state index in [-0.39, 0.29) is 17.2 Å². The molecule has 1 N–H and O–H groups in total. The van der Waals surface area contributed by atoms with E-state index in [0.29, 0.717) is 12.1 Å². The van der Waals surface area contributed by atoms with E-state index < -0.39 is 0 Å². The second-order valence-corrected chi connectivity index (χ2v) is 5.57. The summed E-state index contributed by atoms with van der Waals surface area (Å²) in [6.07, 6.45) is 0. The van der Waals surface area contributed by atoms with Crippen molar-refractivity contribution >= 4 is 5.91 Å². The maximum Gasteiger partial charge on any atom is 0.251 e. The topological polar surface area (TPSA) is 52.9 Å². The van der Waals surface area contributed by atoms with Crippen molar-refractivity contribution in [2.24, 2.45) is 5.92 Å². The van der Waals surface area contributed by atoms with E-state index in [1.165, 1.54) is 5.56 Å². The molecule has 0 aliphatic rings. The molecule has 3 nitrogen and oxygen atoms in total. The molecule has 1 aromatic rings. The standard InChI is InChI=1S/C15H20N2O/c1-11(9-16)10-17-14(18)12-5-7-13(8-6-12)15(2,3)4/h5-8,11H,10H2,1-4H3,(H,17,18). The van der Waals surface area contributed by atoms with E-state index in [4.69, 9.17) is 5.26 Å². The lowest BCUT2D eigenvalue weighted by molar-refractivity contribution is 0.0950. The van der Waals surface area contributed by atoms with Crippen molar-refractivity contribution in [3.63, 3.8) is 0 Å². The van der Waals surface area contributed by atoms with Gasteiger partial charge in [0.15, 0.2) is 0 Å². The van der Waals surface area contributed by atoms with Crippen molar-refractivity contribution in [2.45, 2.75) is 33.1 Å². The second-order valence-electron chi connectivity index (χ2n) is 5.57. The molecule has 0 saturated carbocycles. The average Bonchev–Trinajstić information content (AvgIpc) is 2.34. The van der Waals surface area contributed by atoms with E-state index >= 15 is 0 Å². The number of nitrogens with zero attached hydrogens (tertiary/aromatic N) is 1. The minimum Gasteiger partial charge on any atom is -0.351 e. The number of hydrogen-bond donors (Lipinski definition) is 1. The zero-order chi connectivity index (χ0) is 13.8. The van der Waals surface area contributed by atoms with Gasteiger partial charge in [-0.2, -0.15) is 5.26 Å². The molecule has 1 unspecified atom stereocenters. The number of carbonyl (C=O) groups is 1. The van der Waals surface area contributed by atoms with Gasteiger partial charge in [-0.1, -0.05) is 32.9 Å². The molecule has 18 heavy (non-hydrogen) atoms. The number of nitriles is 1. The molecule has 0 spiro atoms. The Labute approximate surface area is 109 Å². The average molecular weight is 244 g/mol. The summed E-state index contributed by atoms with van der Waals surface area (Å²) in [5.41, 5.74) is 1.92. The van der Waals surface area contributed by atoms with E-state index in [1.807, 2.05) is 24.3 Å². The highest BCUT2D eigenvalue weighted by molar-refractivity contribution is 5.94. The van der Waals surface area contributed by atoms with Gasteiger partial charge in [0.2, 0.25) is 0 Å². The lowest BCUT2D eigenvalue weighted by Gasteiger charge is -2.19. The van der Waals surface area contributed by atoms with E-state index in [1.54, 1.807) is 6.92 Å². The van der Waals surface area contributed by atoms with Gasteiger partial charge in [-0.05, 0) is 30.0 Å². The Balaban J connectivity index is 2.69. The first kappa shape index (κ1) is 14.2. The normalized spacial score (nSPS) is 12.6. The zero-order valence-electron chi connectivity index (χ0n) is 11.4. The highest BCUT2D eigenvalue weighted by Crippen LogP contribution is 2.22. The Kier molecular flexibility index (Phi) is 4.49. The predicted molar refractivity (Wildman–Crippen MR) is 72.3 cm³/mol. The third-order valence-electron chi connectivity index (χ3n) is 2.80. The summed E-state index contributed by atoms with van der Waals surface area (Å²) >= 11 is 0. The molecular weight excluding hydrogens is 224 g/mol. The Morgan fingerprint density at radius 1 is 1.33 bits per heavy atom. The molecule has 0 fully saturated rings. The van der Waals surface area contributed by atoms with Crippen LogP contribution in [0.3, 0.4) is 0 Å². The Bertz CT molecular complexity index is 449. The number of nitrogens with one attached hydrogen (secondary N) is 1. The van der Waals surface area contributed by atoms with Crippen LogP contribution in [0.2, 0.25) is 0 Å². The summed E-state index contributed by atoms with van der Waals surface area (Å²) in [4.78, 5) is 11.8. The molecule has 3 heteroatoms. The summed E-state index contributed by atoms with van der Waals surface area (Å²) in [7, 11) is 0. The van der Waals surface area contributed by atoms with Crippen LogP contribution < -0.4 is 5.32 Å². The Hall–Kier alpha value is -1.82. The Morgan fingerprint density at radius 2 is 1.89 bits per heavy atom. The summed E-state index contributed by atoms with van der Waals surface area (Å²) in [5, 5.41) is 11.4. The van der Waals surface area contributed by atoms with Crippen LogP contribution in [0.5, 0.6) is 0 Å². The van der Waals surface area contributed by atoms with Crippen molar-refractivity contribution in [3.8, 4) is 6.07 Å². The number of hydrogen-bond acceptors (Lipinski definition) is 2. The van der Waals surface area contributed by atoms with Crippen LogP contribution in [0.25, 0.3) is 0 Å². The molecule has 0 heterocycles. The quantitative estimate of drug-likeness (QED) is 0.888. The van der Waals surface area contributed by atoms with Crippen LogP contribution in [0.4, 0.5) is 0 Å². The monoisotopic (exact) mass is 244 g/mol. The molecule has 0 bridgehead atoms. The number of amides is 1. The van der Waals surface area contributed by atoms with Gasteiger partial charge in [0.25, 0.3) is 5.91 Å². The summed E-state index contributed by atoms with van der Waals surface area (Å²) in [6.45, 7) is 8.57. The fourth-order valence-electron chi connectivity index (χ4n) is 1.52. The first-order valence-corrected chi connectivity index (χ1v) is 6.13. The third kappa shape index (κ3) is 3.89. The van der Waals surface area contributed by atoms with Gasteiger partial charge in [0.05, 0.1) is 12.0 Å². The van der Waals surface area contributed by atoms with E-state index in [2.05, 4.69) is 32.2 Å². The van der Waals surface area contributed by atoms with Crippen LogP contribution >= 0.6 is 0 Å². The minimum atomic E-state index is -0.164.